The molecule has 0 aromatic heterocycles. The molecule has 0 amide bonds. The Bertz CT molecular complexity index is 219. The number of hydrogen-bond acceptors (Lipinski definition) is 2. The van der Waals surface area contributed by atoms with Gasteiger partial charge < -0.3 is 0 Å². The third-order valence-electron chi connectivity index (χ3n) is 4.04. The van der Waals surface area contributed by atoms with Gasteiger partial charge in [-0.2, -0.15) is 0 Å². The first kappa shape index (κ1) is 21.3. The monoisotopic (exact) mass is 406 g/mol. The van der Waals surface area contributed by atoms with Gasteiger partial charge in [0.25, 0.3) is 0 Å². The first-order valence-electron chi connectivity index (χ1n) is 9.44. The van der Waals surface area contributed by atoms with Crippen molar-refractivity contribution in [2.45, 2.75) is 107 Å². The zero-order valence-corrected chi connectivity index (χ0v) is 18.1. The minimum absolute atomic E-state index is 0.121. The summed E-state index contributed by atoms with van der Waals surface area (Å²) in [6.45, 7) is 6.67. The van der Waals surface area contributed by atoms with Crippen molar-refractivity contribution in [3.8, 4) is 0 Å². The van der Waals surface area contributed by atoms with Gasteiger partial charge in [0.2, 0.25) is 0 Å². The standard InChI is InChI=1S/C6H12O2.2C6H13.Sn.H/c1-2-3-4-5-6(7)8;2*1-3-5-6-4-2;;/h2-5H2,1H3,(H,7,8);2*1,3-6H2,2H3;;/q;;;+1;/p-1. The summed E-state index contributed by atoms with van der Waals surface area (Å²) in [5.41, 5.74) is 0. The average Bonchev–Trinajstić information content (AvgIpc) is 2.48. The van der Waals surface area contributed by atoms with Crippen molar-refractivity contribution in [1.29, 1.82) is 0 Å². The molecule has 0 aliphatic heterocycles. The molecule has 0 rings (SSSR count). The van der Waals surface area contributed by atoms with Crippen molar-refractivity contribution in [2.75, 3.05) is 0 Å². The Kier molecular flexibility index (Phi) is 16.8. The molecule has 0 saturated carbocycles. The van der Waals surface area contributed by atoms with Crippen LogP contribution >= 0.6 is 0 Å². The first-order valence-corrected chi connectivity index (χ1v) is 15.4. The molecule has 21 heavy (non-hydrogen) atoms. The summed E-state index contributed by atoms with van der Waals surface area (Å²) in [4.78, 5) is 11.9. The number of rotatable bonds is 15. The Balaban J connectivity index is 3.94. The molecule has 0 aliphatic rings. The van der Waals surface area contributed by atoms with Crippen LogP contribution in [0.3, 0.4) is 0 Å². The van der Waals surface area contributed by atoms with E-state index >= 15 is 0 Å². The fourth-order valence-corrected chi connectivity index (χ4v) is 9.77. The summed E-state index contributed by atoms with van der Waals surface area (Å²) in [6, 6.07) is 0. The van der Waals surface area contributed by atoms with Gasteiger partial charge in [-0.05, 0) is 0 Å². The molecule has 0 spiro atoms. The topological polar surface area (TPSA) is 26.3 Å². The first-order chi connectivity index (χ1) is 10.2. The molecule has 2 nitrogen and oxygen atoms in total. The van der Waals surface area contributed by atoms with Crippen LogP contribution in [0.2, 0.25) is 8.87 Å². The van der Waals surface area contributed by atoms with Gasteiger partial charge in [-0.1, -0.05) is 0 Å². The van der Waals surface area contributed by atoms with Crippen LogP contribution in [-0.2, 0) is 7.87 Å². The van der Waals surface area contributed by atoms with Crippen LogP contribution in [-0.4, -0.2) is 26.1 Å². The molecule has 0 aromatic rings. The summed E-state index contributed by atoms with van der Waals surface area (Å²) in [7, 11) is 0. The van der Waals surface area contributed by atoms with Gasteiger partial charge in [0.05, 0.1) is 0 Å². The van der Waals surface area contributed by atoms with Crippen LogP contribution in [0.4, 0.5) is 0 Å². The molecule has 0 radical (unpaired) electrons. The summed E-state index contributed by atoms with van der Waals surface area (Å²) in [5, 5.41) is 0. The van der Waals surface area contributed by atoms with Crippen LogP contribution < -0.4 is 0 Å². The molecule has 0 aliphatic carbocycles. The summed E-state index contributed by atoms with van der Waals surface area (Å²) in [5.74, 6) is 0.121. The van der Waals surface area contributed by atoms with Crippen LogP contribution in [0, 0.1) is 0 Å². The summed E-state index contributed by atoms with van der Waals surface area (Å²) in [6.07, 6.45) is 14.5. The predicted octanol–water partition coefficient (Wildman–Crippen LogP) is 5.99. The number of hydrogen-bond donors (Lipinski definition) is 0. The normalized spacial score (nSPS) is 11.0. The van der Waals surface area contributed by atoms with E-state index in [9.17, 15) is 4.79 Å². The Labute approximate surface area is 140 Å². The van der Waals surface area contributed by atoms with Gasteiger partial charge in [-0.15, -0.1) is 0 Å². The number of carbonyl (C=O) groups excluding carboxylic acids is 1. The van der Waals surface area contributed by atoms with Gasteiger partial charge in [0.15, 0.2) is 0 Å². The zero-order chi connectivity index (χ0) is 15.8. The molecule has 0 N–H and O–H groups in total. The third kappa shape index (κ3) is 15.0. The van der Waals surface area contributed by atoms with E-state index in [0.717, 1.165) is 12.8 Å². The molecule has 3 heteroatoms. The Morgan fingerprint density at radius 2 is 1.19 bits per heavy atom. The SMILES string of the molecule is CCCCC[CH2][SnH]([CH2]CCCCC)[O]C(=O)CCCCC. The molecule has 0 bridgehead atoms. The Morgan fingerprint density at radius 1 is 0.714 bits per heavy atom. The summed E-state index contributed by atoms with van der Waals surface area (Å²) < 4.78 is 8.47. The van der Waals surface area contributed by atoms with Crippen LogP contribution in [0.1, 0.15) is 97.8 Å². The second kappa shape index (κ2) is 16.6. The van der Waals surface area contributed by atoms with Gasteiger partial charge >= 0.3 is 141 Å². The molecule has 0 fully saturated rings. The van der Waals surface area contributed by atoms with E-state index in [-0.39, 0.29) is 5.97 Å². The van der Waals surface area contributed by atoms with E-state index in [2.05, 4.69) is 20.8 Å². The van der Waals surface area contributed by atoms with Crippen LogP contribution in [0.5, 0.6) is 0 Å². The number of unbranched alkanes of at least 4 members (excludes halogenated alkanes) is 8. The second-order valence-corrected chi connectivity index (χ2v) is 13.8. The van der Waals surface area contributed by atoms with Crippen molar-refractivity contribution in [1.82, 2.24) is 0 Å². The van der Waals surface area contributed by atoms with E-state index in [1.165, 1.54) is 66.7 Å². The second-order valence-electron chi connectivity index (χ2n) is 6.27. The fourth-order valence-electron chi connectivity index (χ4n) is 2.62. The maximum absolute atomic E-state index is 11.9. The van der Waals surface area contributed by atoms with E-state index in [1.54, 1.807) is 0 Å². The molecule has 126 valence electrons. The molecular weight excluding hydrogens is 367 g/mol. The maximum atomic E-state index is 11.9. The minimum atomic E-state index is -2.02. The molecule has 0 heterocycles. The Hall–Kier alpha value is 0.269. The van der Waals surface area contributed by atoms with Gasteiger partial charge in [0.1, 0.15) is 0 Å². The van der Waals surface area contributed by atoms with E-state index in [4.69, 9.17) is 3.07 Å². The fraction of sp³-hybridized carbons (Fsp3) is 0.944. The molecule has 0 saturated heterocycles. The van der Waals surface area contributed by atoms with Gasteiger partial charge in [-0.25, -0.2) is 0 Å². The quantitative estimate of drug-likeness (QED) is 0.247. The van der Waals surface area contributed by atoms with E-state index < -0.39 is 20.2 Å². The molecule has 0 aromatic carbocycles. The van der Waals surface area contributed by atoms with E-state index in [0.29, 0.717) is 6.42 Å². The van der Waals surface area contributed by atoms with Gasteiger partial charge in [0, 0.05) is 0 Å². The third-order valence-corrected chi connectivity index (χ3v) is 11.7. The van der Waals surface area contributed by atoms with Crippen molar-refractivity contribution in [3.05, 3.63) is 0 Å². The van der Waals surface area contributed by atoms with Crippen LogP contribution in [0.15, 0.2) is 0 Å². The average molecular weight is 405 g/mol. The molecular formula is C18H38O2Sn. The van der Waals surface area contributed by atoms with Gasteiger partial charge in [-0.3, -0.25) is 0 Å². The molecule has 0 atom stereocenters. The summed E-state index contributed by atoms with van der Waals surface area (Å²) >= 11 is -2.02. The van der Waals surface area contributed by atoms with Crippen molar-refractivity contribution in [3.63, 3.8) is 0 Å². The Morgan fingerprint density at radius 3 is 1.67 bits per heavy atom. The molecule has 0 unspecified atom stereocenters. The van der Waals surface area contributed by atoms with Crippen molar-refractivity contribution < 1.29 is 7.87 Å². The number of carbonyl (C=O) groups is 1. The van der Waals surface area contributed by atoms with Crippen molar-refractivity contribution >= 4 is 26.1 Å². The van der Waals surface area contributed by atoms with E-state index in [1.807, 2.05) is 0 Å². The van der Waals surface area contributed by atoms with Crippen molar-refractivity contribution in [2.24, 2.45) is 0 Å². The predicted molar refractivity (Wildman–Crippen MR) is 95.3 cm³/mol. The van der Waals surface area contributed by atoms with Crippen LogP contribution in [0.25, 0.3) is 0 Å². The zero-order valence-electron chi connectivity index (χ0n) is 14.8.